The number of carbonyl (C=O) groups excluding carboxylic acids is 1. The molecular weight excluding hydrogens is 368 g/mol. The summed E-state index contributed by atoms with van der Waals surface area (Å²) in [6.45, 7) is 0.316. The number of hydrogen-bond acceptors (Lipinski definition) is 5. The fourth-order valence-electron chi connectivity index (χ4n) is 2.82. The van der Waals surface area contributed by atoms with E-state index in [1.807, 2.05) is 30.3 Å². The number of para-hydroxylation sites is 1. The fraction of sp³-hybridized carbons (Fsp3) is 0.182. The van der Waals surface area contributed by atoms with Crippen molar-refractivity contribution in [1.29, 1.82) is 5.26 Å². The van der Waals surface area contributed by atoms with Crippen LogP contribution < -0.4 is 15.6 Å². The van der Waals surface area contributed by atoms with Crippen LogP contribution in [0.4, 0.5) is 5.69 Å². The molecule has 1 heterocycles. The van der Waals surface area contributed by atoms with E-state index in [4.69, 9.17) is 10.00 Å². The van der Waals surface area contributed by atoms with Gasteiger partial charge in [-0.05, 0) is 48.9 Å². The van der Waals surface area contributed by atoms with E-state index in [0.717, 1.165) is 11.3 Å². The van der Waals surface area contributed by atoms with Crippen molar-refractivity contribution < 1.29 is 9.53 Å². The first-order valence-electron chi connectivity index (χ1n) is 9.12. The molecule has 0 saturated heterocycles. The Morgan fingerprint density at radius 3 is 2.62 bits per heavy atom. The lowest BCUT2D eigenvalue weighted by molar-refractivity contribution is -0.116. The number of amides is 1. The number of aromatic nitrogens is 2. The van der Waals surface area contributed by atoms with Crippen molar-refractivity contribution in [3.63, 3.8) is 0 Å². The summed E-state index contributed by atoms with van der Waals surface area (Å²) < 4.78 is 6.51. The molecular formula is C22H20N4O3. The van der Waals surface area contributed by atoms with Gasteiger partial charge in [-0.15, -0.1) is 0 Å². The summed E-state index contributed by atoms with van der Waals surface area (Å²) in [5.74, 6) is 0.526. The first-order valence-corrected chi connectivity index (χ1v) is 9.12. The Morgan fingerprint density at radius 2 is 1.90 bits per heavy atom. The minimum Gasteiger partial charge on any atom is -0.497 e. The van der Waals surface area contributed by atoms with Gasteiger partial charge in [-0.25, -0.2) is 4.68 Å². The molecule has 0 aliphatic heterocycles. The molecule has 3 aromatic rings. The van der Waals surface area contributed by atoms with Crippen LogP contribution in [0.2, 0.25) is 0 Å². The van der Waals surface area contributed by atoms with Gasteiger partial charge in [0.25, 0.3) is 5.56 Å². The average molecular weight is 388 g/mol. The lowest BCUT2D eigenvalue weighted by Gasteiger charge is -2.09. The number of nitrogens with zero attached hydrogens (tertiary/aromatic N) is 3. The summed E-state index contributed by atoms with van der Waals surface area (Å²) in [6, 6.07) is 19.4. The van der Waals surface area contributed by atoms with Crippen molar-refractivity contribution in [3.05, 3.63) is 76.6 Å². The molecule has 0 saturated carbocycles. The van der Waals surface area contributed by atoms with Crippen LogP contribution in [0.3, 0.4) is 0 Å². The number of methoxy groups -OCH3 is 1. The SMILES string of the molecule is COc1ccc(-c2ccc(=O)n(CCCC(=O)Nc3ccccc3C#N)n2)cc1. The lowest BCUT2D eigenvalue weighted by atomic mass is 10.1. The molecule has 0 fully saturated rings. The zero-order valence-corrected chi connectivity index (χ0v) is 16.0. The number of ether oxygens (including phenoxy) is 1. The predicted molar refractivity (Wildman–Crippen MR) is 110 cm³/mol. The second-order valence-corrected chi connectivity index (χ2v) is 6.32. The van der Waals surface area contributed by atoms with E-state index in [2.05, 4.69) is 10.4 Å². The Hall–Kier alpha value is -3.92. The molecule has 0 aliphatic rings. The minimum atomic E-state index is -0.225. The number of hydrogen-bond donors (Lipinski definition) is 1. The van der Waals surface area contributed by atoms with Crippen LogP contribution in [0, 0.1) is 11.3 Å². The van der Waals surface area contributed by atoms with Gasteiger partial charge >= 0.3 is 0 Å². The number of aryl methyl sites for hydroxylation is 1. The van der Waals surface area contributed by atoms with Gasteiger partial charge in [-0.1, -0.05) is 12.1 Å². The summed E-state index contributed by atoms with van der Waals surface area (Å²) in [7, 11) is 1.60. The second-order valence-electron chi connectivity index (χ2n) is 6.32. The van der Waals surface area contributed by atoms with Gasteiger partial charge in [0, 0.05) is 24.6 Å². The van der Waals surface area contributed by atoms with Gasteiger partial charge < -0.3 is 10.1 Å². The zero-order valence-electron chi connectivity index (χ0n) is 16.0. The summed E-state index contributed by atoms with van der Waals surface area (Å²) >= 11 is 0. The van der Waals surface area contributed by atoms with Crippen LogP contribution >= 0.6 is 0 Å². The smallest absolute Gasteiger partial charge is 0.266 e. The molecule has 0 radical (unpaired) electrons. The lowest BCUT2D eigenvalue weighted by Crippen LogP contribution is -2.23. The first-order chi connectivity index (χ1) is 14.1. The van der Waals surface area contributed by atoms with Crippen LogP contribution in [0.5, 0.6) is 5.75 Å². The van der Waals surface area contributed by atoms with E-state index in [1.165, 1.54) is 10.7 Å². The molecule has 0 spiro atoms. The second kappa shape index (κ2) is 9.33. The molecule has 0 unspecified atom stereocenters. The maximum atomic E-state index is 12.2. The fourth-order valence-corrected chi connectivity index (χ4v) is 2.82. The monoisotopic (exact) mass is 388 g/mol. The molecule has 7 nitrogen and oxygen atoms in total. The molecule has 0 aliphatic carbocycles. The van der Waals surface area contributed by atoms with Crippen LogP contribution in [0.25, 0.3) is 11.3 Å². The van der Waals surface area contributed by atoms with E-state index < -0.39 is 0 Å². The van der Waals surface area contributed by atoms with Crippen LogP contribution in [-0.4, -0.2) is 22.8 Å². The van der Waals surface area contributed by atoms with Gasteiger partial charge in [0.15, 0.2) is 0 Å². The third kappa shape index (κ3) is 5.08. The molecule has 1 aromatic heterocycles. The maximum Gasteiger partial charge on any atom is 0.266 e. The molecule has 3 rings (SSSR count). The third-order valence-corrected chi connectivity index (χ3v) is 4.35. The van der Waals surface area contributed by atoms with E-state index >= 15 is 0 Å². The summed E-state index contributed by atoms with van der Waals surface area (Å²) in [5, 5.41) is 16.2. The summed E-state index contributed by atoms with van der Waals surface area (Å²) in [4.78, 5) is 24.3. The predicted octanol–water partition coefficient (Wildman–Crippen LogP) is 3.21. The maximum absolute atomic E-state index is 12.2. The van der Waals surface area contributed by atoms with Crippen molar-refractivity contribution in [2.75, 3.05) is 12.4 Å². The summed E-state index contributed by atoms with van der Waals surface area (Å²) in [5.41, 5.74) is 2.20. The Labute approximate surface area is 168 Å². The van der Waals surface area contributed by atoms with Gasteiger partial charge in [-0.3, -0.25) is 9.59 Å². The minimum absolute atomic E-state index is 0.209. The average Bonchev–Trinajstić information content (AvgIpc) is 2.75. The molecule has 2 aromatic carbocycles. The summed E-state index contributed by atoms with van der Waals surface area (Å²) in [6.07, 6.45) is 0.653. The number of carbonyl (C=O) groups is 1. The number of rotatable bonds is 7. The van der Waals surface area contributed by atoms with E-state index in [1.54, 1.807) is 37.4 Å². The van der Waals surface area contributed by atoms with E-state index in [-0.39, 0.29) is 17.9 Å². The largest absolute Gasteiger partial charge is 0.497 e. The first kappa shape index (κ1) is 19.8. The van der Waals surface area contributed by atoms with Crippen molar-refractivity contribution in [2.24, 2.45) is 0 Å². The Balaban J connectivity index is 1.62. The van der Waals surface area contributed by atoms with Crippen LogP contribution in [0.15, 0.2) is 65.5 Å². The molecule has 0 atom stereocenters. The van der Waals surface area contributed by atoms with Gasteiger partial charge in [0.05, 0.1) is 24.1 Å². The zero-order chi connectivity index (χ0) is 20.6. The molecule has 29 heavy (non-hydrogen) atoms. The third-order valence-electron chi connectivity index (χ3n) is 4.35. The van der Waals surface area contributed by atoms with Crippen LogP contribution in [-0.2, 0) is 11.3 Å². The van der Waals surface area contributed by atoms with Crippen molar-refractivity contribution >= 4 is 11.6 Å². The Kier molecular flexibility index (Phi) is 6.38. The highest BCUT2D eigenvalue weighted by Gasteiger charge is 2.08. The Morgan fingerprint density at radius 1 is 1.14 bits per heavy atom. The molecule has 7 heteroatoms. The Bertz CT molecular complexity index is 1100. The number of nitriles is 1. The number of benzene rings is 2. The van der Waals surface area contributed by atoms with Gasteiger partial charge in [0.2, 0.25) is 5.91 Å². The highest BCUT2D eigenvalue weighted by molar-refractivity contribution is 5.92. The molecule has 0 bridgehead atoms. The molecule has 1 amide bonds. The highest BCUT2D eigenvalue weighted by atomic mass is 16.5. The topological polar surface area (TPSA) is 97.0 Å². The van der Waals surface area contributed by atoms with Crippen molar-refractivity contribution in [1.82, 2.24) is 9.78 Å². The number of nitrogens with one attached hydrogen (secondary N) is 1. The van der Waals surface area contributed by atoms with Crippen molar-refractivity contribution in [3.8, 4) is 23.1 Å². The number of anilines is 1. The van der Waals surface area contributed by atoms with Gasteiger partial charge in [0.1, 0.15) is 11.8 Å². The standard InChI is InChI=1S/C22H20N4O3/c1-29-18-10-8-16(9-11-18)20-12-13-22(28)26(25-20)14-4-7-21(27)24-19-6-3-2-5-17(19)15-23/h2-3,5-6,8-13H,4,7,14H2,1H3,(H,24,27). The molecule has 146 valence electrons. The van der Waals surface area contributed by atoms with E-state index in [0.29, 0.717) is 29.9 Å². The molecule has 1 N–H and O–H groups in total. The van der Waals surface area contributed by atoms with Crippen molar-refractivity contribution in [2.45, 2.75) is 19.4 Å². The quantitative estimate of drug-likeness (QED) is 0.670. The van der Waals surface area contributed by atoms with Crippen LogP contribution in [0.1, 0.15) is 18.4 Å². The van der Waals surface area contributed by atoms with E-state index in [9.17, 15) is 9.59 Å². The normalized spacial score (nSPS) is 10.2. The van der Waals surface area contributed by atoms with Gasteiger partial charge in [-0.2, -0.15) is 10.4 Å². The highest BCUT2D eigenvalue weighted by Crippen LogP contribution is 2.19.